The fourth-order valence-electron chi connectivity index (χ4n) is 10.2. The second kappa shape index (κ2) is 16.4. The van der Waals surface area contributed by atoms with Crippen molar-refractivity contribution in [2.75, 3.05) is 0 Å². The van der Waals surface area contributed by atoms with Crippen LogP contribution in [-0.4, -0.2) is 24.1 Å². The summed E-state index contributed by atoms with van der Waals surface area (Å²) in [6, 6.07) is 88.2. The summed E-state index contributed by atoms with van der Waals surface area (Å²) in [4.78, 5) is 16.3. The van der Waals surface area contributed by atoms with Crippen molar-refractivity contribution in [3.05, 3.63) is 249 Å². The number of para-hydroxylation sites is 3. The van der Waals surface area contributed by atoms with Gasteiger partial charge in [0.2, 0.25) is 5.95 Å². The summed E-state index contributed by atoms with van der Waals surface area (Å²) in [5.41, 5.74) is 16.2. The van der Waals surface area contributed by atoms with Crippen LogP contribution in [0.2, 0.25) is 0 Å². The second-order valence-electron chi connectivity index (χ2n) is 17.1. The molecule has 68 heavy (non-hydrogen) atoms. The topological polar surface area (TPSA) is 48.5 Å². The third-order valence-electron chi connectivity index (χ3n) is 13.1. The Morgan fingerprint density at radius 2 is 0.647 bits per heavy atom. The van der Waals surface area contributed by atoms with Crippen molar-refractivity contribution in [1.29, 1.82) is 0 Å². The fourth-order valence-corrected chi connectivity index (χ4v) is 10.2. The molecule has 0 aliphatic heterocycles. The minimum atomic E-state index is 0.535. The lowest BCUT2D eigenvalue weighted by molar-refractivity contribution is 0.953. The Bertz CT molecular complexity index is 3990. The van der Waals surface area contributed by atoms with E-state index < -0.39 is 0 Å². The number of rotatable bonds is 8. The summed E-state index contributed by atoms with van der Waals surface area (Å²) < 4.78 is 4.76. The molecule has 0 atom stereocenters. The molecule has 5 heteroatoms. The van der Waals surface area contributed by atoms with Gasteiger partial charge < -0.3 is 4.57 Å². The maximum absolute atomic E-state index is 5.54. The molecular weight excluding hydrogens is 827 g/mol. The first kappa shape index (κ1) is 39.2. The van der Waals surface area contributed by atoms with E-state index in [1.54, 1.807) is 0 Å². The first-order valence-corrected chi connectivity index (χ1v) is 23.0. The zero-order chi connectivity index (χ0) is 45.0. The molecule has 13 rings (SSSR count). The van der Waals surface area contributed by atoms with Crippen molar-refractivity contribution in [3.63, 3.8) is 0 Å². The van der Waals surface area contributed by atoms with Crippen molar-refractivity contribution < 1.29 is 0 Å². The van der Waals surface area contributed by atoms with Gasteiger partial charge in [0, 0.05) is 49.5 Å². The molecular formula is C63H41N5. The highest BCUT2D eigenvalue weighted by Gasteiger charge is 2.30. The smallest absolute Gasteiger partial charge is 0.238 e. The minimum Gasteiger partial charge on any atom is -0.307 e. The molecule has 0 saturated heterocycles. The summed E-state index contributed by atoms with van der Waals surface area (Å²) in [6.07, 6.45) is 0. The highest BCUT2D eigenvalue weighted by atomic mass is 15.2. The maximum atomic E-state index is 5.54. The second-order valence-corrected chi connectivity index (χ2v) is 17.1. The lowest BCUT2D eigenvalue weighted by Crippen LogP contribution is -2.07. The first-order chi connectivity index (χ1) is 33.8. The number of hydrogen-bond acceptors (Lipinski definition) is 3. The van der Waals surface area contributed by atoms with Crippen LogP contribution in [0.15, 0.2) is 249 Å². The summed E-state index contributed by atoms with van der Waals surface area (Å²) in [7, 11) is 0. The van der Waals surface area contributed by atoms with Crippen molar-refractivity contribution in [2.24, 2.45) is 0 Å². The van der Waals surface area contributed by atoms with Gasteiger partial charge in [0.1, 0.15) is 0 Å². The van der Waals surface area contributed by atoms with Gasteiger partial charge in [0.05, 0.1) is 22.1 Å². The van der Waals surface area contributed by atoms with Gasteiger partial charge >= 0.3 is 0 Å². The third kappa shape index (κ3) is 6.51. The molecule has 0 amide bonds. The lowest BCUT2D eigenvalue weighted by Gasteiger charge is -2.19. The molecule has 0 spiro atoms. The van der Waals surface area contributed by atoms with Gasteiger partial charge in [-0.15, -0.1) is 0 Å². The maximum Gasteiger partial charge on any atom is 0.238 e. The van der Waals surface area contributed by atoms with Gasteiger partial charge in [0.25, 0.3) is 0 Å². The Labute approximate surface area is 393 Å². The molecule has 0 saturated carbocycles. The number of nitrogens with zero attached hydrogens (tertiary/aromatic N) is 5. The molecule has 0 fully saturated rings. The van der Waals surface area contributed by atoms with Gasteiger partial charge in [-0.1, -0.05) is 212 Å². The monoisotopic (exact) mass is 867 g/mol. The van der Waals surface area contributed by atoms with Crippen molar-refractivity contribution >= 4 is 43.6 Å². The molecule has 0 N–H and O–H groups in total. The van der Waals surface area contributed by atoms with Crippen LogP contribution >= 0.6 is 0 Å². The molecule has 0 aliphatic rings. The molecule has 3 aromatic heterocycles. The van der Waals surface area contributed by atoms with Gasteiger partial charge in [-0.2, -0.15) is 9.97 Å². The van der Waals surface area contributed by atoms with Crippen molar-refractivity contribution in [3.8, 4) is 78.9 Å². The molecule has 318 valence electrons. The number of fused-ring (bicyclic) bond motifs is 7. The van der Waals surface area contributed by atoms with E-state index >= 15 is 0 Å². The highest BCUT2D eigenvalue weighted by Crippen LogP contribution is 2.52. The van der Waals surface area contributed by atoms with Crippen molar-refractivity contribution in [1.82, 2.24) is 24.1 Å². The van der Waals surface area contributed by atoms with Gasteiger partial charge in [-0.25, -0.2) is 4.98 Å². The average Bonchev–Trinajstić information content (AvgIpc) is 3.95. The predicted octanol–water partition coefficient (Wildman–Crippen LogP) is 16.1. The van der Waals surface area contributed by atoms with Gasteiger partial charge in [-0.3, -0.25) is 4.57 Å². The Balaban J connectivity index is 1.24. The Morgan fingerprint density at radius 3 is 1.22 bits per heavy atom. The number of hydrogen-bond donors (Lipinski definition) is 0. The standard InChI is InChI=1S/C63H41N5/c1-6-22-42(23-7-1)46-30-20-32-48(40-46)56-55(44-26-10-3-11-27-44)57-51-36-16-18-38-53(51)67(50-34-14-5-15-35-50)59(57)60-58(56)52-37-17-19-39-54(52)68(60)63-65-61(45-28-12-4-13-29-45)64-62(66-63)49-33-21-31-47(41-49)43-24-8-2-9-25-43/h1-41H. The lowest BCUT2D eigenvalue weighted by atomic mass is 9.86. The van der Waals surface area contributed by atoms with E-state index in [-0.39, 0.29) is 0 Å². The van der Waals surface area contributed by atoms with E-state index in [9.17, 15) is 0 Å². The van der Waals surface area contributed by atoms with E-state index in [0.717, 1.165) is 93.8 Å². The van der Waals surface area contributed by atoms with E-state index in [2.05, 4.69) is 234 Å². The van der Waals surface area contributed by atoms with Crippen LogP contribution in [-0.2, 0) is 0 Å². The Hall–Kier alpha value is -9.19. The summed E-state index contributed by atoms with van der Waals surface area (Å²) in [6.45, 7) is 0. The van der Waals surface area contributed by atoms with E-state index in [1.165, 1.54) is 11.1 Å². The normalized spacial score (nSPS) is 11.5. The molecule has 5 nitrogen and oxygen atoms in total. The summed E-state index contributed by atoms with van der Waals surface area (Å²) in [5.74, 6) is 1.72. The van der Waals surface area contributed by atoms with E-state index in [4.69, 9.17) is 15.0 Å². The number of aromatic nitrogens is 5. The fraction of sp³-hybridized carbons (Fsp3) is 0. The van der Waals surface area contributed by atoms with Crippen LogP contribution in [0.4, 0.5) is 0 Å². The van der Waals surface area contributed by atoms with E-state index in [1.807, 2.05) is 24.3 Å². The minimum absolute atomic E-state index is 0.535. The zero-order valence-electron chi connectivity index (χ0n) is 36.9. The van der Waals surface area contributed by atoms with Crippen LogP contribution in [0.1, 0.15) is 0 Å². The van der Waals surface area contributed by atoms with Crippen molar-refractivity contribution in [2.45, 2.75) is 0 Å². The van der Waals surface area contributed by atoms with Gasteiger partial charge in [0.15, 0.2) is 11.6 Å². The average molecular weight is 868 g/mol. The molecule has 0 aliphatic carbocycles. The SMILES string of the molecule is c1ccc(-c2cccc(-c3nc(-c4ccccc4)nc(-n4c5ccccc5c5c(-c6cccc(-c7ccccc7)c6)c(-c6ccccc6)c6c7ccccc7n(-c7ccccc7)c6c54)n3)c2)cc1. The Kier molecular flexibility index (Phi) is 9.43. The van der Waals surface area contributed by atoms with Gasteiger partial charge in [-0.05, 0) is 69.8 Å². The molecule has 0 unspecified atom stereocenters. The van der Waals surface area contributed by atoms with Crippen LogP contribution < -0.4 is 0 Å². The third-order valence-corrected chi connectivity index (χ3v) is 13.1. The summed E-state index contributed by atoms with van der Waals surface area (Å²) in [5, 5.41) is 4.52. The first-order valence-electron chi connectivity index (χ1n) is 23.0. The zero-order valence-corrected chi connectivity index (χ0v) is 36.9. The molecule has 13 aromatic rings. The molecule has 3 heterocycles. The van der Waals surface area contributed by atoms with Crippen LogP contribution in [0, 0.1) is 0 Å². The highest BCUT2D eigenvalue weighted by molar-refractivity contribution is 6.33. The quantitative estimate of drug-likeness (QED) is 0.153. The predicted molar refractivity (Wildman–Crippen MR) is 281 cm³/mol. The molecule has 10 aromatic carbocycles. The number of benzene rings is 10. The van der Waals surface area contributed by atoms with Crippen LogP contribution in [0.25, 0.3) is 123 Å². The van der Waals surface area contributed by atoms with E-state index in [0.29, 0.717) is 17.6 Å². The summed E-state index contributed by atoms with van der Waals surface area (Å²) >= 11 is 0. The molecule has 0 bridgehead atoms. The molecule has 0 radical (unpaired) electrons. The van der Waals surface area contributed by atoms with Crippen LogP contribution in [0.3, 0.4) is 0 Å². The van der Waals surface area contributed by atoms with Crippen LogP contribution in [0.5, 0.6) is 0 Å². The largest absolute Gasteiger partial charge is 0.307 e. The Morgan fingerprint density at radius 1 is 0.265 bits per heavy atom.